The summed E-state index contributed by atoms with van der Waals surface area (Å²) in [5.41, 5.74) is 3.67. The number of nitrogens with one attached hydrogen (secondary N) is 2. The lowest BCUT2D eigenvalue weighted by Gasteiger charge is -2.35. The molecule has 2 aromatic rings. The van der Waals surface area contributed by atoms with Crippen molar-refractivity contribution in [3.8, 4) is 11.4 Å². The molecule has 2 aliphatic heterocycles. The summed E-state index contributed by atoms with van der Waals surface area (Å²) in [6, 6.07) is 8.39. The number of fused-ring (bicyclic) bond motifs is 1. The third-order valence-corrected chi connectivity index (χ3v) is 6.62. The van der Waals surface area contributed by atoms with Crippen molar-refractivity contribution in [2.24, 2.45) is 5.92 Å². The van der Waals surface area contributed by atoms with Crippen LogP contribution in [0.25, 0.3) is 11.4 Å². The predicted molar refractivity (Wildman–Crippen MR) is 130 cm³/mol. The van der Waals surface area contributed by atoms with Gasteiger partial charge in [0.15, 0.2) is 12.2 Å². The van der Waals surface area contributed by atoms with E-state index in [0.29, 0.717) is 38.2 Å². The fourth-order valence-corrected chi connectivity index (χ4v) is 4.56. The molecule has 2 atom stereocenters. The smallest absolute Gasteiger partial charge is 0.225 e. The number of aliphatic hydroxyl groups is 1. The minimum atomic E-state index is -0.770. The SMILES string of the molecule is CC(C)C(=O)N1Cc2nc(-c3ccc(NC(O)NC4CC4)cc3)nc(N3CCOCC3C)c2C1. The Labute approximate surface area is 200 Å². The quantitative estimate of drug-likeness (QED) is 0.534. The van der Waals surface area contributed by atoms with E-state index >= 15 is 0 Å². The third kappa shape index (κ3) is 4.87. The maximum absolute atomic E-state index is 12.7. The van der Waals surface area contributed by atoms with Gasteiger partial charge in [-0.25, -0.2) is 9.97 Å². The topological polar surface area (TPSA) is 103 Å². The summed E-state index contributed by atoms with van der Waals surface area (Å²) in [4.78, 5) is 26.8. The van der Waals surface area contributed by atoms with E-state index in [-0.39, 0.29) is 17.9 Å². The molecule has 1 aromatic carbocycles. The van der Waals surface area contributed by atoms with Gasteiger partial charge in [-0.2, -0.15) is 0 Å². The van der Waals surface area contributed by atoms with Crippen LogP contribution in [0.4, 0.5) is 11.5 Å². The highest BCUT2D eigenvalue weighted by Gasteiger charge is 2.33. The largest absolute Gasteiger partial charge is 0.377 e. The van der Waals surface area contributed by atoms with Crippen molar-refractivity contribution in [2.75, 3.05) is 30.0 Å². The van der Waals surface area contributed by atoms with Gasteiger partial charge in [-0.15, -0.1) is 0 Å². The fourth-order valence-electron chi connectivity index (χ4n) is 4.56. The van der Waals surface area contributed by atoms with Crippen LogP contribution in [0.2, 0.25) is 0 Å². The van der Waals surface area contributed by atoms with Crippen molar-refractivity contribution in [1.82, 2.24) is 20.2 Å². The zero-order chi connectivity index (χ0) is 23.8. The Hall–Kier alpha value is -2.75. The minimum Gasteiger partial charge on any atom is -0.377 e. The molecule has 1 amide bonds. The molecule has 1 aliphatic carbocycles. The Bertz CT molecular complexity index is 1040. The molecule has 3 N–H and O–H groups in total. The molecule has 9 nitrogen and oxygen atoms in total. The zero-order valence-corrected chi connectivity index (χ0v) is 20.1. The standard InChI is InChI=1S/C25H34N6O3/c1-15(2)24(32)30-12-20-21(13-30)28-22(29-23(20)31-10-11-34-14-16(31)3)17-4-6-18(7-5-17)26-25(33)27-19-8-9-19/h4-7,15-16,19,25-27,33H,8-14H2,1-3H3. The average molecular weight is 467 g/mol. The van der Waals surface area contributed by atoms with Gasteiger partial charge in [-0.1, -0.05) is 13.8 Å². The highest BCUT2D eigenvalue weighted by atomic mass is 16.5. The number of carbonyl (C=O) groups is 1. The van der Waals surface area contributed by atoms with E-state index in [4.69, 9.17) is 14.7 Å². The second-order valence-corrected chi connectivity index (χ2v) is 9.83. The van der Waals surface area contributed by atoms with E-state index in [2.05, 4.69) is 22.5 Å². The van der Waals surface area contributed by atoms with Gasteiger partial charge in [0, 0.05) is 35.3 Å². The molecule has 3 heterocycles. The number of rotatable bonds is 7. The number of morpholine rings is 1. The van der Waals surface area contributed by atoms with Gasteiger partial charge >= 0.3 is 0 Å². The first-order chi connectivity index (χ1) is 16.4. The lowest BCUT2D eigenvalue weighted by atomic mass is 10.1. The summed E-state index contributed by atoms with van der Waals surface area (Å²) < 4.78 is 5.65. The van der Waals surface area contributed by atoms with Crippen LogP contribution in [-0.2, 0) is 22.6 Å². The van der Waals surface area contributed by atoms with Crippen LogP contribution in [0.5, 0.6) is 0 Å². The van der Waals surface area contributed by atoms with Gasteiger partial charge in [0.05, 0.1) is 38.0 Å². The number of carbonyl (C=O) groups excluding carboxylic acids is 1. The van der Waals surface area contributed by atoms with E-state index in [9.17, 15) is 9.90 Å². The van der Waals surface area contributed by atoms with E-state index in [1.807, 2.05) is 43.0 Å². The van der Waals surface area contributed by atoms with E-state index in [1.54, 1.807) is 0 Å². The second kappa shape index (κ2) is 9.48. The number of benzene rings is 1. The maximum Gasteiger partial charge on any atom is 0.225 e. The number of anilines is 2. The number of hydrogen-bond donors (Lipinski definition) is 3. The molecule has 34 heavy (non-hydrogen) atoms. The van der Waals surface area contributed by atoms with Gasteiger partial charge in [0.1, 0.15) is 5.82 Å². The fraction of sp³-hybridized carbons (Fsp3) is 0.560. The first-order valence-electron chi connectivity index (χ1n) is 12.2. The summed E-state index contributed by atoms with van der Waals surface area (Å²) in [6.07, 6.45) is 1.45. The Morgan fingerprint density at radius 2 is 1.94 bits per heavy atom. The molecular weight excluding hydrogens is 432 g/mol. The second-order valence-electron chi connectivity index (χ2n) is 9.83. The molecular formula is C25H34N6O3. The van der Waals surface area contributed by atoms with Crippen LogP contribution in [0.3, 0.4) is 0 Å². The first kappa shape index (κ1) is 23.0. The van der Waals surface area contributed by atoms with E-state index in [1.165, 1.54) is 0 Å². The highest BCUT2D eigenvalue weighted by Crippen LogP contribution is 2.34. The Kier molecular flexibility index (Phi) is 6.42. The summed E-state index contributed by atoms with van der Waals surface area (Å²) >= 11 is 0. The van der Waals surface area contributed by atoms with Crippen LogP contribution in [0.15, 0.2) is 24.3 Å². The normalized spacial score (nSPS) is 21.0. The summed E-state index contributed by atoms with van der Waals surface area (Å²) in [6.45, 7) is 9.12. The lowest BCUT2D eigenvalue weighted by Crippen LogP contribution is -2.44. The maximum atomic E-state index is 12.7. The van der Waals surface area contributed by atoms with Crippen molar-refractivity contribution in [2.45, 2.75) is 65.1 Å². The minimum absolute atomic E-state index is 0.0581. The molecule has 2 fully saturated rings. The molecule has 0 radical (unpaired) electrons. The molecule has 3 aliphatic rings. The van der Waals surface area contributed by atoms with Crippen LogP contribution >= 0.6 is 0 Å². The molecule has 1 aromatic heterocycles. The van der Waals surface area contributed by atoms with Gasteiger partial charge in [0.25, 0.3) is 0 Å². The summed E-state index contributed by atoms with van der Waals surface area (Å²) in [5.74, 6) is 1.63. The van der Waals surface area contributed by atoms with Crippen LogP contribution < -0.4 is 15.5 Å². The summed E-state index contributed by atoms with van der Waals surface area (Å²) in [7, 11) is 0. The Balaban J connectivity index is 1.43. The summed E-state index contributed by atoms with van der Waals surface area (Å²) in [5, 5.41) is 16.3. The molecule has 0 spiro atoms. The van der Waals surface area contributed by atoms with Crippen LogP contribution in [-0.4, -0.2) is 64.1 Å². The van der Waals surface area contributed by atoms with Crippen molar-refractivity contribution < 1.29 is 14.6 Å². The number of ether oxygens (including phenoxy) is 1. The molecule has 1 saturated heterocycles. The molecule has 1 saturated carbocycles. The van der Waals surface area contributed by atoms with Crippen molar-refractivity contribution >= 4 is 17.4 Å². The number of nitrogens with zero attached hydrogens (tertiary/aromatic N) is 4. The van der Waals surface area contributed by atoms with Gasteiger partial charge in [-0.3, -0.25) is 10.1 Å². The third-order valence-electron chi connectivity index (χ3n) is 6.62. The average Bonchev–Trinajstić information content (AvgIpc) is 3.52. The van der Waals surface area contributed by atoms with Gasteiger partial charge in [-0.05, 0) is 44.0 Å². The monoisotopic (exact) mass is 466 g/mol. The van der Waals surface area contributed by atoms with Crippen molar-refractivity contribution in [3.63, 3.8) is 0 Å². The van der Waals surface area contributed by atoms with Crippen molar-refractivity contribution in [3.05, 3.63) is 35.5 Å². The Morgan fingerprint density at radius 3 is 2.62 bits per heavy atom. The molecule has 2 unspecified atom stereocenters. The molecule has 9 heteroatoms. The number of aromatic nitrogens is 2. The van der Waals surface area contributed by atoms with E-state index < -0.39 is 6.35 Å². The molecule has 0 bridgehead atoms. The Morgan fingerprint density at radius 1 is 1.18 bits per heavy atom. The number of hydrogen-bond acceptors (Lipinski definition) is 8. The highest BCUT2D eigenvalue weighted by molar-refractivity contribution is 5.79. The molecule has 5 rings (SSSR count). The first-order valence-corrected chi connectivity index (χ1v) is 12.2. The number of amides is 1. The predicted octanol–water partition coefficient (Wildman–Crippen LogP) is 2.31. The number of aliphatic hydroxyl groups excluding tert-OH is 1. The van der Waals surface area contributed by atoms with Crippen LogP contribution in [0, 0.1) is 5.92 Å². The lowest BCUT2D eigenvalue weighted by molar-refractivity contribution is -0.135. The van der Waals surface area contributed by atoms with E-state index in [0.717, 1.165) is 47.7 Å². The van der Waals surface area contributed by atoms with Crippen LogP contribution in [0.1, 0.15) is 44.9 Å². The van der Waals surface area contributed by atoms with Gasteiger partial charge < -0.3 is 25.0 Å². The van der Waals surface area contributed by atoms with Crippen molar-refractivity contribution in [1.29, 1.82) is 0 Å². The molecule has 182 valence electrons. The zero-order valence-electron chi connectivity index (χ0n) is 20.1. The van der Waals surface area contributed by atoms with Gasteiger partial charge in [0.2, 0.25) is 5.91 Å².